The lowest BCUT2D eigenvalue weighted by molar-refractivity contribution is 0.0773. The van der Waals surface area contributed by atoms with Crippen LogP contribution in [0.1, 0.15) is 16.2 Å². The molecule has 0 unspecified atom stereocenters. The van der Waals surface area contributed by atoms with Crippen LogP contribution in [0, 0.1) is 0 Å². The number of fused-ring (bicyclic) bond motifs is 1. The molecule has 3 aromatic carbocycles. The Kier molecular flexibility index (Phi) is 4.60. The summed E-state index contributed by atoms with van der Waals surface area (Å²) in [6.07, 6.45) is 1.53. The number of rotatable bonds is 4. The highest BCUT2D eigenvalue weighted by Gasteiger charge is 2.18. The van der Waals surface area contributed by atoms with Crippen LogP contribution in [0.15, 0.2) is 73.1 Å². The van der Waals surface area contributed by atoms with Gasteiger partial charge in [0.05, 0.1) is 5.69 Å². The summed E-state index contributed by atoms with van der Waals surface area (Å²) >= 11 is 5.91. The zero-order valence-corrected chi connectivity index (χ0v) is 15.5. The van der Waals surface area contributed by atoms with E-state index in [1.165, 1.54) is 6.33 Å². The van der Waals surface area contributed by atoms with Gasteiger partial charge < -0.3 is 4.90 Å². The standard InChI is InChI=1S/C21H17ClN4O/c1-25(13-16-7-4-6-15-5-2-3-8-19(15)16)21(27)20-23-14-26(24-20)18-11-9-17(22)10-12-18/h2-12,14H,13H2,1H3. The first-order chi connectivity index (χ1) is 13.1. The predicted octanol–water partition coefficient (Wildman–Crippen LogP) is 4.35. The third-order valence-corrected chi connectivity index (χ3v) is 4.66. The second-order valence-electron chi connectivity index (χ2n) is 6.29. The Labute approximate surface area is 161 Å². The third-order valence-electron chi connectivity index (χ3n) is 4.41. The maximum atomic E-state index is 12.8. The van der Waals surface area contributed by atoms with Gasteiger partial charge in [0.15, 0.2) is 0 Å². The van der Waals surface area contributed by atoms with Gasteiger partial charge in [-0.05, 0) is 40.6 Å². The van der Waals surface area contributed by atoms with Gasteiger partial charge in [0.1, 0.15) is 6.33 Å². The highest BCUT2D eigenvalue weighted by molar-refractivity contribution is 6.30. The van der Waals surface area contributed by atoms with E-state index in [-0.39, 0.29) is 11.7 Å². The summed E-state index contributed by atoms with van der Waals surface area (Å²) in [4.78, 5) is 18.5. The van der Waals surface area contributed by atoms with E-state index >= 15 is 0 Å². The number of amides is 1. The van der Waals surface area contributed by atoms with Crippen LogP contribution in [0.2, 0.25) is 5.02 Å². The van der Waals surface area contributed by atoms with Crippen molar-refractivity contribution in [1.82, 2.24) is 19.7 Å². The van der Waals surface area contributed by atoms with E-state index < -0.39 is 0 Å². The molecule has 5 nitrogen and oxygen atoms in total. The topological polar surface area (TPSA) is 51.0 Å². The highest BCUT2D eigenvalue weighted by atomic mass is 35.5. The first kappa shape index (κ1) is 17.2. The van der Waals surface area contributed by atoms with Crippen LogP contribution < -0.4 is 0 Å². The largest absolute Gasteiger partial charge is 0.335 e. The molecule has 1 heterocycles. The molecule has 4 rings (SSSR count). The molecule has 0 aliphatic rings. The summed E-state index contributed by atoms with van der Waals surface area (Å²) in [5, 5.41) is 7.24. The van der Waals surface area contributed by atoms with Crippen LogP contribution in [0.5, 0.6) is 0 Å². The van der Waals surface area contributed by atoms with Crippen LogP contribution in [0.4, 0.5) is 0 Å². The predicted molar refractivity (Wildman–Crippen MR) is 106 cm³/mol. The van der Waals surface area contributed by atoms with E-state index in [9.17, 15) is 4.79 Å². The molecule has 134 valence electrons. The second-order valence-corrected chi connectivity index (χ2v) is 6.73. The lowest BCUT2D eigenvalue weighted by Gasteiger charge is -2.16. The smallest absolute Gasteiger partial charge is 0.293 e. The highest BCUT2D eigenvalue weighted by Crippen LogP contribution is 2.20. The van der Waals surface area contributed by atoms with Gasteiger partial charge in [0.25, 0.3) is 5.91 Å². The van der Waals surface area contributed by atoms with Crippen molar-refractivity contribution in [2.75, 3.05) is 7.05 Å². The van der Waals surface area contributed by atoms with Crippen LogP contribution in [0.3, 0.4) is 0 Å². The summed E-state index contributed by atoms with van der Waals surface area (Å²) in [6.45, 7) is 0.482. The lowest BCUT2D eigenvalue weighted by Crippen LogP contribution is -2.27. The molecular weight excluding hydrogens is 360 g/mol. The summed E-state index contributed by atoms with van der Waals surface area (Å²) < 4.78 is 1.56. The summed E-state index contributed by atoms with van der Waals surface area (Å²) in [6, 6.07) is 21.4. The van der Waals surface area contributed by atoms with Crippen molar-refractivity contribution >= 4 is 28.3 Å². The van der Waals surface area contributed by atoms with E-state index in [1.807, 2.05) is 36.4 Å². The minimum absolute atomic E-state index is 0.160. The molecule has 6 heteroatoms. The van der Waals surface area contributed by atoms with Gasteiger partial charge in [-0.1, -0.05) is 54.1 Å². The van der Waals surface area contributed by atoms with Gasteiger partial charge >= 0.3 is 0 Å². The van der Waals surface area contributed by atoms with E-state index in [0.29, 0.717) is 11.6 Å². The second kappa shape index (κ2) is 7.21. The molecule has 1 amide bonds. The number of hydrogen-bond donors (Lipinski definition) is 0. The normalized spacial score (nSPS) is 10.9. The van der Waals surface area contributed by atoms with Gasteiger partial charge in [-0.15, -0.1) is 5.10 Å². The number of aromatic nitrogens is 3. The van der Waals surface area contributed by atoms with E-state index in [1.54, 1.807) is 28.8 Å². The Hall–Kier alpha value is -3.18. The Bertz CT molecular complexity index is 1100. The van der Waals surface area contributed by atoms with E-state index in [2.05, 4.69) is 28.3 Å². The molecule has 27 heavy (non-hydrogen) atoms. The summed E-state index contributed by atoms with van der Waals surface area (Å²) in [5.41, 5.74) is 1.88. The van der Waals surface area contributed by atoms with Gasteiger partial charge in [0, 0.05) is 18.6 Å². The molecule has 0 N–H and O–H groups in total. The maximum Gasteiger partial charge on any atom is 0.293 e. The minimum Gasteiger partial charge on any atom is -0.335 e. The molecule has 0 atom stereocenters. The zero-order valence-electron chi connectivity index (χ0n) is 14.7. The van der Waals surface area contributed by atoms with Gasteiger partial charge in [-0.3, -0.25) is 4.79 Å². The SMILES string of the molecule is CN(Cc1cccc2ccccc12)C(=O)c1ncn(-c2ccc(Cl)cc2)n1. The molecular formula is C21H17ClN4O. The fourth-order valence-electron chi connectivity index (χ4n) is 3.01. The zero-order chi connectivity index (χ0) is 18.8. The molecule has 0 spiro atoms. The van der Waals surface area contributed by atoms with Crippen molar-refractivity contribution in [3.63, 3.8) is 0 Å². The summed E-state index contributed by atoms with van der Waals surface area (Å²) in [7, 11) is 1.76. The quantitative estimate of drug-likeness (QED) is 0.532. The number of hydrogen-bond acceptors (Lipinski definition) is 3. The van der Waals surface area contributed by atoms with E-state index in [4.69, 9.17) is 11.6 Å². The number of carbonyl (C=O) groups excluding carboxylic acids is 1. The monoisotopic (exact) mass is 376 g/mol. The third kappa shape index (κ3) is 3.55. The minimum atomic E-state index is -0.226. The Morgan fingerprint density at radius 1 is 1.04 bits per heavy atom. The lowest BCUT2D eigenvalue weighted by atomic mass is 10.0. The first-order valence-corrected chi connectivity index (χ1v) is 8.89. The first-order valence-electron chi connectivity index (χ1n) is 8.51. The molecule has 0 saturated carbocycles. The number of benzene rings is 3. The Balaban J connectivity index is 1.55. The molecule has 0 aliphatic carbocycles. The van der Waals surface area contributed by atoms with Crippen LogP contribution >= 0.6 is 11.6 Å². The molecule has 0 saturated heterocycles. The molecule has 4 aromatic rings. The van der Waals surface area contributed by atoms with Gasteiger partial charge in [-0.2, -0.15) is 0 Å². The van der Waals surface area contributed by atoms with Crippen LogP contribution in [0.25, 0.3) is 16.5 Å². The van der Waals surface area contributed by atoms with Crippen molar-refractivity contribution in [1.29, 1.82) is 0 Å². The van der Waals surface area contributed by atoms with Crippen molar-refractivity contribution in [2.24, 2.45) is 0 Å². The maximum absolute atomic E-state index is 12.8. The van der Waals surface area contributed by atoms with E-state index in [0.717, 1.165) is 22.0 Å². The molecule has 1 aromatic heterocycles. The van der Waals surface area contributed by atoms with Crippen molar-refractivity contribution < 1.29 is 4.79 Å². The van der Waals surface area contributed by atoms with Crippen molar-refractivity contribution in [2.45, 2.75) is 6.54 Å². The summed E-state index contributed by atoms with van der Waals surface area (Å²) in [5.74, 6) is -0.0664. The number of nitrogens with zero attached hydrogens (tertiary/aromatic N) is 4. The molecule has 0 aliphatic heterocycles. The average Bonchev–Trinajstić information content (AvgIpc) is 3.18. The number of halogens is 1. The van der Waals surface area contributed by atoms with Crippen LogP contribution in [-0.2, 0) is 6.54 Å². The molecule has 0 bridgehead atoms. The number of carbonyl (C=O) groups is 1. The van der Waals surface area contributed by atoms with Crippen molar-refractivity contribution in [3.8, 4) is 5.69 Å². The molecule has 0 fully saturated rings. The fraction of sp³-hybridized carbons (Fsp3) is 0.0952. The fourth-order valence-corrected chi connectivity index (χ4v) is 3.13. The van der Waals surface area contributed by atoms with Crippen LogP contribution in [-0.4, -0.2) is 32.6 Å². The Morgan fingerprint density at radius 3 is 2.59 bits per heavy atom. The molecule has 0 radical (unpaired) electrons. The van der Waals surface area contributed by atoms with Crippen molar-refractivity contribution in [3.05, 3.63) is 89.5 Å². The van der Waals surface area contributed by atoms with Gasteiger partial charge in [-0.25, -0.2) is 9.67 Å². The Morgan fingerprint density at radius 2 is 1.78 bits per heavy atom. The average molecular weight is 377 g/mol. The van der Waals surface area contributed by atoms with Gasteiger partial charge in [0.2, 0.25) is 5.82 Å².